The van der Waals surface area contributed by atoms with Crippen LogP contribution < -0.4 is 10.6 Å². The first-order valence-corrected chi connectivity index (χ1v) is 8.27. The van der Waals surface area contributed by atoms with Gasteiger partial charge in [0.05, 0.1) is 5.69 Å². The van der Waals surface area contributed by atoms with E-state index in [1.54, 1.807) is 24.3 Å². The van der Waals surface area contributed by atoms with E-state index in [2.05, 4.69) is 26.6 Å². The number of benzene rings is 2. The van der Waals surface area contributed by atoms with Crippen molar-refractivity contribution in [3.05, 3.63) is 64.1 Å². The lowest BCUT2D eigenvalue weighted by Gasteiger charge is -2.12. The lowest BCUT2D eigenvalue weighted by Crippen LogP contribution is -2.32. The molecule has 0 bridgehead atoms. The number of hydrogen-bond donors (Lipinski definition) is 2. The molecule has 0 aromatic heterocycles. The van der Waals surface area contributed by atoms with Gasteiger partial charge in [0.2, 0.25) is 0 Å². The highest BCUT2D eigenvalue weighted by molar-refractivity contribution is 9.10. The van der Waals surface area contributed by atoms with E-state index >= 15 is 0 Å². The quantitative estimate of drug-likeness (QED) is 0.822. The van der Waals surface area contributed by atoms with Crippen LogP contribution in [0.3, 0.4) is 0 Å². The Morgan fingerprint density at radius 1 is 1.04 bits per heavy atom. The summed E-state index contributed by atoms with van der Waals surface area (Å²) in [7, 11) is 0. The third-order valence-corrected chi connectivity index (χ3v) is 4.19. The zero-order chi connectivity index (χ0) is 16.8. The van der Waals surface area contributed by atoms with Gasteiger partial charge in [0.15, 0.2) is 0 Å². The topological polar surface area (TPSA) is 58.2 Å². The molecule has 2 rings (SSSR count). The number of amides is 2. The van der Waals surface area contributed by atoms with Crippen LogP contribution in [-0.4, -0.2) is 17.9 Å². The number of rotatable bonds is 5. The monoisotopic (exact) mass is 374 g/mol. The number of anilines is 1. The summed E-state index contributed by atoms with van der Waals surface area (Å²) in [6.45, 7) is 3.95. The highest BCUT2D eigenvalue weighted by Gasteiger charge is 2.12. The van der Waals surface area contributed by atoms with Crippen molar-refractivity contribution in [3.8, 4) is 0 Å². The van der Waals surface area contributed by atoms with E-state index in [0.717, 1.165) is 10.9 Å². The zero-order valence-corrected chi connectivity index (χ0v) is 14.7. The first kappa shape index (κ1) is 17.2. The summed E-state index contributed by atoms with van der Waals surface area (Å²) < 4.78 is 0.805. The van der Waals surface area contributed by atoms with Crippen molar-refractivity contribution >= 4 is 33.4 Å². The summed E-state index contributed by atoms with van der Waals surface area (Å²) in [6, 6.07) is 14.2. The maximum Gasteiger partial charge on any atom is 0.255 e. The molecule has 23 heavy (non-hydrogen) atoms. The molecule has 2 aromatic carbocycles. The fourth-order valence-corrected chi connectivity index (χ4v) is 2.35. The Morgan fingerprint density at radius 3 is 2.35 bits per heavy atom. The Bertz CT molecular complexity index is 716. The highest BCUT2D eigenvalue weighted by Crippen LogP contribution is 2.22. The smallest absolute Gasteiger partial charge is 0.255 e. The second-order valence-electron chi connectivity index (χ2n) is 5.30. The largest absolute Gasteiger partial charge is 0.350 e. The van der Waals surface area contributed by atoms with Crippen LogP contribution in [0.15, 0.2) is 53.0 Å². The van der Waals surface area contributed by atoms with Crippen molar-refractivity contribution in [1.82, 2.24) is 5.32 Å². The maximum absolute atomic E-state index is 12.4. The van der Waals surface area contributed by atoms with Crippen molar-refractivity contribution in [3.63, 3.8) is 0 Å². The molecular weight excluding hydrogens is 356 g/mol. The molecule has 0 aliphatic rings. The molecule has 0 fully saturated rings. The SMILES string of the molecule is CCC(C)NC(=O)c1cccc(C(=O)Nc2ccccc2Br)c1. The van der Waals surface area contributed by atoms with Gasteiger partial charge in [-0.05, 0) is 59.6 Å². The molecule has 2 amide bonds. The molecule has 1 unspecified atom stereocenters. The van der Waals surface area contributed by atoms with Crippen molar-refractivity contribution in [2.24, 2.45) is 0 Å². The van der Waals surface area contributed by atoms with Crippen molar-refractivity contribution in [2.75, 3.05) is 5.32 Å². The van der Waals surface area contributed by atoms with Gasteiger partial charge in [0.1, 0.15) is 0 Å². The van der Waals surface area contributed by atoms with Crippen LogP contribution >= 0.6 is 15.9 Å². The van der Waals surface area contributed by atoms with Crippen LogP contribution in [0.2, 0.25) is 0 Å². The molecule has 1 atom stereocenters. The van der Waals surface area contributed by atoms with Gasteiger partial charge in [-0.3, -0.25) is 9.59 Å². The first-order chi connectivity index (χ1) is 11.0. The number of nitrogens with one attached hydrogen (secondary N) is 2. The minimum atomic E-state index is -0.255. The van der Waals surface area contributed by atoms with Gasteiger partial charge in [-0.25, -0.2) is 0 Å². The Kier molecular flexibility index (Phi) is 5.93. The Morgan fingerprint density at radius 2 is 1.70 bits per heavy atom. The molecule has 0 saturated heterocycles. The van der Waals surface area contributed by atoms with E-state index in [4.69, 9.17) is 0 Å². The fraction of sp³-hybridized carbons (Fsp3) is 0.222. The van der Waals surface area contributed by atoms with Crippen LogP contribution in [0, 0.1) is 0 Å². The van der Waals surface area contributed by atoms with Gasteiger partial charge in [-0.2, -0.15) is 0 Å². The minimum Gasteiger partial charge on any atom is -0.350 e. The van der Waals surface area contributed by atoms with E-state index in [1.165, 1.54) is 0 Å². The highest BCUT2D eigenvalue weighted by atomic mass is 79.9. The van der Waals surface area contributed by atoms with Crippen LogP contribution in [0.25, 0.3) is 0 Å². The van der Waals surface area contributed by atoms with E-state index in [9.17, 15) is 9.59 Å². The van der Waals surface area contributed by atoms with Crippen LogP contribution in [0.5, 0.6) is 0 Å². The Hall–Kier alpha value is -2.14. The average Bonchev–Trinajstić information content (AvgIpc) is 2.56. The predicted octanol–water partition coefficient (Wildman–Crippen LogP) is 4.23. The average molecular weight is 375 g/mol. The molecule has 0 heterocycles. The lowest BCUT2D eigenvalue weighted by atomic mass is 10.1. The van der Waals surface area contributed by atoms with Gasteiger partial charge in [-0.1, -0.05) is 25.1 Å². The van der Waals surface area contributed by atoms with Crippen LogP contribution in [0.1, 0.15) is 41.0 Å². The first-order valence-electron chi connectivity index (χ1n) is 7.48. The van der Waals surface area contributed by atoms with Gasteiger partial charge in [0, 0.05) is 21.6 Å². The zero-order valence-electron chi connectivity index (χ0n) is 13.1. The molecule has 4 nitrogen and oxygen atoms in total. The maximum atomic E-state index is 12.4. The Labute approximate surface area is 144 Å². The van der Waals surface area contributed by atoms with E-state index in [0.29, 0.717) is 16.8 Å². The summed E-state index contributed by atoms with van der Waals surface area (Å²) in [5.74, 6) is -0.426. The molecule has 120 valence electrons. The van der Waals surface area contributed by atoms with E-state index in [-0.39, 0.29) is 17.9 Å². The Balaban J connectivity index is 2.14. The number of para-hydroxylation sites is 1. The van der Waals surface area contributed by atoms with Gasteiger partial charge in [0.25, 0.3) is 11.8 Å². The summed E-state index contributed by atoms with van der Waals surface area (Å²) in [5, 5.41) is 5.72. The molecule has 0 spiro atoms. The molecule has 2 N–H and O–H groups in total. The van der Waals surface area contributed by atoms with Gasteiger partial charge < -0.3 is 10.6 Å². The van der Waals surface area contributed by atoms with E-state index in [1.807, 2.05) is 38.1 Å². The molecule has 5 heteroatoms. The summed E-state index contributed by atoms with van der Waals surface area (Å²) >= 11 is 3.39. The van der Waals surface area contributed by atoms with Crippen LogP contribution in [0.4, 0.5) is 5.69 Å². The molecule has 0 aliphatic heterocycles. The van der Waals surface area contributed by atoms with Crippen LogP contribution in [-0.2, 0) is 0 Å². The molecular formula is C18H19BrN2O2. The van der Waals surface area contributed by atoms with Crippen molar-refractivity contribution in [2.45, 2.75) is 26.3 Å². The number of hydrogen-bond acceptors (Lipinski definition) is 2. The summed E-state index contributed by atoms with van der Waals surface area (Å²) in [6.07, 6.45) is 0.855. The predicted molar refractivity (Wildman–Crippen MR) is 95.8 cm³/mol. The van der Waals surface area contributed by atoms with Gasteiger partial charge in [-0.15, -0.1) is 0 Å². The lowest BCUT2D eigenvalue weighted by molar-refractivity contribution is 0.0939. The molecule has 2 aromatic rings. The fourth-order valence-electron chi connectivity index (χ4n) is 1.97. The normalized spacial score (nSPS) is 11.6. The number of carbonyl (C=O) groups is 2. The van der Waals surface area contributed by atoms with Crippen molar-refractivity contribution < 1.29 is 9.59 Å². The third-order valence-electron chi connectivity index (χ3n) is 3.50. The standard InChI is InChI=1S/C18H19BrN2O2/c1-3-12(2)20-17(22)13-7-6-8-14(11-13)18(23)21-16-10-5-4-9-15(16)19/h4-12H,3H2,1-2H3,(H,20,22)(H,21,23). The molecule has 0 saturated carbocycles. The number of halogens is 1. The molecule has 0 aliphatic carbocycles. The molecule has 0 radical (unpaired) electrons. The van der Waals surface area contributed by atoms with Gasteiger partial charge >= 0.3 is 0 Å². The summed E-state index contributed by atoms with van der Waals surface area (Å²) in [5.41, 5.74) is 1.61. The minimum absolute atomic E-state index is 0.0975. The van der Waals surface area contributed by atoms with Crippen molar-refractivity contribution in [1.29, 1.82) is 0 Å². The number of carbonyl (C=O) groups excluding carboxylic acids is 2. The second kappa shape index (κ2) is 7.92. The third kappa shape index (κ3) is 4.66. The summed E-state index contributed by atoms with van der Waals surface area (Å²) in [4.78, 5) is 24.5. The van der Waals surface area contributed by atoms with E-state index < -0.39 is 0 Å². The second-order valence-corrected chi connectivity index (χ2v) is 6.15.